The molecule has 2 N–H and O–H groups in total. The van der Waals surface area contributed by atoms with E-state index in [1.165, 1.54) is 7.11 Å². The van der Waals surface area contributed by atoms with Gasteiger partial charge in [-0.05, 0) is 18.4 Å². The number of rotatable bonds is 16. The molecule has 0 amide bonds. The van der Waals surface area contributed by atoms with Crippen LogP contribution in [0.15, 0.2) is 30.3 Å². The molecular weight excluding hydrogens is 372 g/mol. The van der Waals surface area contributed by atoms with E-state index in [1.54, 1.807) is 0 Å². The molecule has 1 aromatic rings. The van der Waals surface area contributed by atoms with Crippen LogP contribution in [0.4, 0.5) is 0 Å². The smallest absolute Gasteiger partial charge is 0.314 e. The summed E-state index contributed by atoms with van der Waals surface area (Å²) in [7, 11) is 1.41. The third-order valence-electron chi connectivity index (χ3n) is 5.05. The van der Waals surface area contributed by atoms with Crippen LogP contribution in [0.25, 0.3) is 0 Å². The number of aliphatic hydroxyl groups is 2. The van der Waals surface area contributed by atoms with Crippen molar-refractivity contribution in [2.45, 2.75) is 76.9 Å². The number of hydrogen-bond donors (Lipinski definition) is 2. The molecule has 0 saturated carbocycles. The van der Waals surface area contributed by atoms with Crippen LogP contribution in [0.5, 0.6) is 0 Å². The molecule has 0 saturated heterocycles. The van der Waals surface area contributed by atoms with Crippen molar-refractivity contribution < 1.29 is 29.3 Å². The standard InChI is InChI=1S/C23H36O6/c1-28-22(26)16-12-7-5-3-2-4-6-11-15-21(25)20(17-24)23(27)29-18-19-13-9-8-10-14-19/h8-10,13-14,20-21,24-25H,2-7,11-12,15-18H2,1H3/t20-,21-/m0/s1. The van der Waals surface area contributed by atoms with E-state index < -0.39 is 24.6 Å². The first-order valence-electron chi connectivity index (χ1n) is 10.6. The van der Waals surface area contributed by atoms with E-state index in [9.17, 15) is 19.8 Å². The molecule has 0 unspecified atom stereocenters. The Morgan fingerprint density at radius 1 is 0.931 bits per heavy atom. The summed E-state index contributed by atoms with van der Waals surface area (Å²) in [4.78, 5) is 23.1. The molecule has 0 heterocycles. The Bertz CT molecular complexity index is 560. The second-order valence-corrected chi connectivity index (χ2v) is 7.39. The van der Waals surface area contributed by atoms with Gasteiger partial charge >= 0.3 is 11.9 Å². The zero-order chi connectivity index (χ0) is 21.3. The second kappa shape index (κ2) is 15.9. The van der Waals surface area contributed by atoms with Crippen molar-refractivity contribution in [1.29, 1.82) is 0 Å². The zero-order valence-corrected chi connectivity index (χ0v) is 17.6. The topological polar surface area (TPSA) is 93.1 Å². The third kappa shape index (κ3) is 11.6. The van der Waals surface area contributed by atoms with Gasteiger partial charge in [-0.15, -0.1) is 0 Å². The largest absolute Gasteiger partial charge is 0.469 e. The van der Waals surface area contributed by atoms with Crippen LogP contribution in [-0.2, 0) is 25.7 Å². The maximum absolute atomic E-state index is 12.1. The highest BCUT2D eigenvalue weighted by Crippen LogP contribution is 2.16. The Hall–Kier alpha value is -1.92. The van der Waals surface area contributed by atoms with Gasteiger partial charge in [0.2, 0.25) is 0 Å². The fourth-order valence-corrected chi connectivity index (χ4v) is 3.18. The molecule has 1 rings (SSSR count). The minimum atomic E-state index is -0.895. The van der Waals surface area contributed by atoms with Gasteiger partial charge < -0.3 is 19.7 Å². The highest BCUT2D eigenvalue weighted by atomic mass is 16.5. The molecule has 6 heteroatoms. The van der Waals surface area contributed by atoms with E-state index >= 15 is 0 Å². The minimum absolute atomic E-state index is 0.141. The van der Waals surface area contributed by atoms with Gasteiger partial charge in [-0.3, -0.25) is 9.59 Å². The molecule has 0 aliphatic heterocycles. The number of aliphatic hydroxyl groups excluding tert-OH is 2. The third-order valence-corrected chi connectivity index (χ3v) is 5.05. The van der Waals surface area contributed by atoms with E-state index in [0.29, 0.717) is 12.8 Å². The Morgan fingerprint density at radius 2 is 1.52 bits per heavy atom. The molecule has 0 spiro atoms. The summed E-state index contributed by atoms with van der Waals surface area (Å²) in [5, 5.41) is 19.7. The fraction of sp³-hybridized carbons (Fsp3) is 0.652. The summed E-state index contributed by atoms with van der Waals surface area (Å²) in [5.74, 6) is -1.60. The molecule has 6 nitrogen and oxygen atoms in total. The van der Waals surface area contributed by atoms with Crippen molar-refractivity contribution in [3.8, 4) is 0 Å². The van der Waals surface area contributed by atoms with Crippen molar-refractivity contribution in [2.24, 2.45) is 5.92 Å². The van der Waals surface area contributed by atoms with Crippen molar-refractivity contribution >= 4 is 11.9 Å². The van der Waals surface area contributed by atoms with Gasteiger partial charge in [0.15, 0.2) is 0 Å². The van der Waals surface area contributed by atoms with Gasteiger partial charge in [-0.25, -0.2) is 0 Å². The lowest BCUT2D eigenvalue weighted by Gasteiger charge is -2.19. The molecule has 0 radical (unpaired) electrons. The van der Waals surface area contributed by atoms with E-state index in [-0.39, 0.29) is 12.6 Å². The monoisotopic (exact) mass is 408 g/mol. The van der Waals surface area contributed by atoms with Gasteiger partial charge in [0.1, 0.15) is 12.5 Å². The SMILES string of the molecule is COC(=O)CCCCCCCCCC[C@H](O)[C@H](CO)C(=O)OCc1ccccc1. The molecule has 0 aliphatic carbocycles. The lowest BCUT2D eigenvalue weighted by molar-refractivity contribution is -0.156. The van der Waals surface area contributed by atoms with Crippen LogP contribution in [0.3, 0.4) is 0 Å². The Balaban J connectivity index is 2.08. The second-order valence-electron chi connectivity index (χ2n) is 7.39. The fourth-order valence-electron chi connectivity index (χ4n) is 3.18. The summed E-state index contributed by atoms with van der Waals surface area (Å²) in [5.41, 5.74) is 0.873. The van der Waals surface area contributed by atoms with Crippen molar-refractivity contribution in [2.75, 3.05) is 13.7 Å². The van der Waals surface area contributed by atoms with Crippen LogP contribution in [0.2, 0.25) is 0 Å². The van der Waals surface area contributed by atoms with Gasteiger partial charge in [-0.1, -0.05) is 75.3 Å². The van der Waals surface area contributed by atoms with E-state index in [0.717, 1.165) is 56.9 Å². The number of methoxy groups -OCH3 is 1. The highest BCUT2D eigenvalue weighted by molar-refractivity contribution is 5.73. The molecule has 29 heavy (non-hydrogen) atoms. The summed E-state index contributed by atoms with van der Waals surface area (Å²) >= 11 is 0. The van der Waals surface area contributed by atoms with E-state index in [2.05, 4.69) is 4.74 Å². The van der Waals surface area contributed by atoms with Crippen LogP contribution in [-0.4, -0.2) is 42.0 Å². The van der Waals surface area contributed by atoms with Crippen molar-refractivity contribution in [1.82, 2.24) is 0 Å². The lowest BCUT2D eigenvalue weighted by Crippen LogP contribution is -2.32. The van der Waals surface area contributed by atoms with Crippen molar-refractivity contribution in [3.63, 3.8) is 0 Å². The number of carbonyl (C=O) groups is 2. The number of esters is 2. The molecule has 0 fully saturated rings. The summed E-state index contributed by atoms with van der Waals surface area (Å²) in [6, 6.07) is 9.33. The van der Waals surface area contributed by atoms with Crippen LogP contribution >= 0.6 is 0 Å². The van der Waals surface area contributed by atoms with Crippen LogP contribution < -0.4 is 0 Å². The predicted octanol–water partition coefficient (Wildman–Crippen LogP) is 3.77. The first-order valence-corrected chi connectivity index (χ1v) is 10.6. The van der Waals surface area contributed by atoms with Crippen LogP contribution in [0.1, 0.15) is 69.8 Å². The summed E-state index contributed by atoms with van der Waals surface area (Å²) in [6.07, 6.45) is 8.23. The molecular formula is C23H36O6. The van der Waals surface area contributed by atoms with E-state index in [1.807, 2.05) is 30.3 Å². The van der Waals surface area contributed by atoms with Gasteiger partial charge in [0.25, 0.3) is 0 Å². The first-order chi connectivity index (χ1) is 14.1. The molecule has 1 aromatic carbocycles. The summed E-state index contributed by atoms with van der Waals surface area (Å²) < 4.78 is 9.84. The normalized spacial score (nSPS) is 12.9. The average molecular weight is 409 g/mol. The minimum Gasteiger partial charge on any atom is -0.469 e. The number of ether oxygens (including phenoxy) is 2. The van der Waals surface area contributed by atoms with Gasteiger partial charge in [0.05, 0.1) is 19.8 Å². The molecule has 0 bridgehead atoms. The zero-order valence-electron chi connectivity index (χ0n) is 17.6. The maximum Gasteiger partial charge on any atom is 0.314 e. The molecule has 0 aromatic heterocycles. The maximum atomic E-state index is 12.1. The van der Waals surface area contributed by atoms with Crippen LogP contribution in [0, 0.1) is 5.92 Å². The van der Waals surface area contributed by atoms with E-state index in [4.69, 9.17) is 4.74 Å². The first kappa shape index (κ1) is 25.1. The number of carbonyl (C=O) groups excluding carboxylic acids is 2. The van der Waals surface area contributed by atoms with Gasteiger partial charge in [0, 0.05) is 6.42 Å². The lowest BCUT2D eigenvalue weighted by atomic mass is 9.97. The Labute approximate surface area is 174 Å². The number of benzene rings is 1. The van der Waals surface area contributed by atoms with Crippen molar-refractivity contribution in [3.05, 3.63) is 35.9 Å². The number of unbranched alkanes of at least 4 members (excludes halogenated alkanes) is 7. The molecule has 0 aliphatic rings. The molecule has 164 valence electrons. The number of hydrogen-bond acceptors (Lipinski definition) is 6. The highest BCUT2D eigenvalue weighted by Gasteiger charge is 2.27. The average Bonchev–Trinajstić information content (AvgIpc) is 2.74. The Morgan fingerprint density at radius 3 is 2.10 bits per heavy atom. The quantitative estimate of drug-likeness (QED) is 0.319. The Kier molecular flexibility index (Phi) is 13.8. The van der Waals surface area contributed by atoms with Gasteiger partial charge in [-0.2, -0.15) is 0 Å². The molecule has 2 atom stereocenters. The summed E-state index contributed by atoms with van der Waals surface area (Å²) in [6.45, 7) is -0.275. The predicted molar refractivity (Wildman–Crippen MR) is 111 cm³/mol.